The van der Waals surface area contributed by atoms with Crippen LogP contribution < -0.4 is 15.3 Å². The molecule has 0 bridgehead atoms. The van der Waals surface area contributed by atoms with E-state index in [1.165, 1.54) is 0 Å². The van der Waals surface area contributed by atoms with Crippen molar-refractivity contribution in [2.45, 2.75) is 0 Å². The third-order valence-electron chi connectivity index (χ3n) is 0. The predicted molar refractivity (Wildman–Crippen MR) is 23.5 cm³/mol. The summed E-state index contributed by atoms with van der Waals surface area (Å²) in [6, 6.07) is 0. The second-order valence-corrected chi connectivity index (χ2v) is 0. The fourth-order valence-corrected chi connectivity index (χ4v) is 0. The fourth-order valence-electron chi connectivity index (χ4n) is 0. The van der Waals surface area contributed by atoms with Gasteiger partial charge in [-0.15, -0.1) is 0 Å². The first-order chi connectivity index (χ1) is 3.00. The van der Waals surface area contributed by atoms with Gasteiger partial charge < -0.3 is 15.3 Å². The summed E-state index contributed by atoms with van der Waals surface area (Å²) in [5.74, 6) is 0. The van der Waals surface area contributed by atoms with E-state index < -0.39 is 0 Å². The normalized spacial score (nSPS) is 2.57. The Balaban J connectivity index is -0.00000000900. The van der Waals surface area contributed by atoms with Gasteiger partial charge in [0.25, 0.3) is 0 Å². The Kier molecular flexibility index (Phi) is 1420. The molecule has 0 aromatic heterocycles. The van der Waals surface area contributed by atoms with Gasteiger partial charge in [-0.2, -0.15) is 21.3 Å². The van der Waals surface area contributed by atoms with Crippen LogP contribution in [0.15, 0.2) is 0 Å². The van der Waals surface area contributed by atoms with Crippen molar-refractivity contribution in [3.05, 3.63) is 0 Å². The zero-order valence-electron chi connectivity index (χ0n) is 4.80. The molecule has 0 fully saturated rings. The second kappa shape index (κ2) is 397. The van der Waals surface area contributed by atoms with Crippen LogP contribution in [-0.4, -0.2) is 47.2 Å². The summed E-state index contributed by atoms with van der Waals surface area (Å²) in [5.41, 5.74) is 0. The topological polar surface area (TPSA) is 69.2 Å². The zero-order valence-corrected chi connectivity index (χ0v) is 8.10. The van der Waals surface area contributed by atoms with Crippen LogP contribution >= 0.6 is 0 Å². The smallest absolute Gasteiger partial charge is 0.857 e. The maximum Gasteiger partial charge on any atom is 3.00 e. The van der Waals surface area contributed by atoms with Crippen molar-refractivity contribution >= 4 is 25.8 Å². The van der Waals surface area contributed by atoms with Gasteiger partial charge in [0, 0.05) is 0 Å². The standard InChI is InChI=1S/3CH3O.In/c3*1-2;/h3*1H3;/q3*-1;+3. The first kappa shape index (κ1) is 25.1. The molecule has 0 saturated carbocycles. The van der Waals surface area contributed by atoms with E-state index in [4.69, 9.17) is 15.3 Å². The van der Waals surface area contributed by atoms with Crippen LogP contribution in [0.25, 0.3) is 0 Å². The van der Waals surface area contributed by atoms with E-state index in [0.29, 0.717) is 0 Å². The van der Waals surface area contributed by atoms with Crippen LogP contribution in [0.2, 0.25) is 0 Å². The molecule has 0 aromatic rings. The first-order valence-corrected chi connectivity index (χ1v) is 1.22. The van der Waals surface area contributed by atoms with Gasteiger partial charge in [-0.3, -0.25) is 0 Å². The van der Waals surface area contributed by atoms with Gasteiger partial charge in [-0.25, -0.2) is 0 Å². The van der Waals surface area contributed by atoms with Crippen molar-refractivity contribution in [1.82, 2.24) is 0 Å². The molecule has 0 rings (SSSR count). The van der Waals surface area contributed by atoms with Gasteiger partial charge in [0.05, 0.1) is 0 Å². The molecule has 0 radical (unpaired) electrons. The Morgan fingerprint density at radius 3 is 0.571 bits per heavy atom. The zero-order chi connectivity index (χ0) is 6.00. The van der Waals surface area contributed by atoms with Crippen molar-refractivity contribution in [3.8, 4) is 0 Å². The molecule has 0 heterocycles. The molecule has 42 valence electrons. The molecule has 7 heavy (non-hydrogen) atoms. The largest absolute Gasteiger partial charge is 3.00 e. The van der Waals surface area contributed by atoms with Crippen LogP contribution in [0.5, 0.6) is 0 Å². The molecule has 0 spiro atoms. The molecule has 0 aliphatic heterocycles. The van der Waals surface area contributed by atoms with Crippen LogP contribution in [0.1, 0.15) is 0 Å². The average molecular weight is 208 g/mol. The maximum absolute atomic E-state index is 8.25. The first-order valence-electron chi connectivity index (χ1n) is 1.22. The van der Waals surface area contributed by atoms with E-state index in [1.54, 1.807) is 0 Å². The molecule has 0 N–H and O–H groups in total. The van der Waals surface area contributed by atoms with Gasteiger partial charge in [-0.05, 0) is 0 Å². The Hall–Kier alpha value is 0.750. The molecular formula is C3H9InO3. The third-order valence-corrected chi connectivity index (χ3v) is 0. The molecule has 0 aromatic carbocycles. The van der Waals surface area contributed by atoms with E-state index in [0.717, 1.165) is 21.3 Å². The molecule has 0 unspecified atom stereocenters. The predicted octanol–water partition coefficient (Wildman–Crippen LogP) is -3.45. The van der Waals surface area contributed by atoms with Crippen LogP contribution in [0.4, 0.5) is 0 Å². The number of hydrogen-bond donors (Lipinski definition) is 0. The summed E-state index contributed by atoms with van der Waals surface area (Å²) in [6.07, 6.45) is 0. The Morgan fingerprint density at radius 1 is 0.571 bits per heavy atom. The van der Waals surface area contributed by atoms with Crippen molar-refractivity contribution in [2.75, 3.05) is 21.3 Å². The summed E-state index contributed by atoms with van der Waals surface area (Å²) < 4.78 is 0. The Bertz CT molecular complexity index is 10.1. The molecule has 3 nitrogen and oxygen atoms in total. The van der Waals surface area contributed by atoms with Gasteiger partial charge >= 0.3 is 25.8 Å². The van der Waals surface area contributed by atoms with E-state index in [1.807, 2.05) is 0 Å². The van der Waals surface area contributed by atoms with Crippen LogP contribution in [0.3, 0.4) is 0 Å². The van der Waals surface area contributed by atoms with Gasteiger partial charge in [0.1, 0.15) is 0 Å². The average Bonchev–Trinajstić information content (AvgIpc) is 1.81. The monoisotopic (exact) mass is 208 g/mol. The molecule has 0 aliphatic rings. The SMILES string of the molecule is C[O-].C[O-].C[O-].[In+3]. The maximum atomic E-state index is 8.25. The van der Waals surface area contributed by atoms with Crippen LogP contribution in [0, 0.1) is 0 Å². The Morgan fingerprint density at radius 2 is 0.571 bits per heavy atom. The summed E-state index contributed by atoms with van der Waals surface area (Å²) in [7, 11) is 2.25. The second-order valence-electron chi connectivity index (χ2n) is 0. The van der Waals surface area contributed by atoms with Crippen molar-refractivity contribution in [2.24, 2.45) is 0 Å². The molecule has 0 aliphatic carbocycles. The van der Waals surface area contributed by atoms with Crippen molar-refractivity contribution < 1.29 is 15.3 Å². The Labute approximate surface area is 62.8 Å². The summed E-state index contributed by atoms with van der Waals surface area (Å²) in [6.45, 7) is 0. The van der Waals surface area contributed by atoms with Gasteiger partial charge in [0.15, 0.2) is 0 Å². The number of rotatable bonds is 0. The summed E-state index contributed by atoms with van der Waals surface area (Å²) in [4.78, 5) is 0. The van der Waals surface area contributed by atoms with Crippen molar-refractivity contribution in [3.63, 3.8) is 0 Å². The fraction of sp³-hybridized carbons (Fsp3) is 1.00. The summed E-state index contributed by atoms with van der Waals surface area (Å²) >= 11 is 0. The van der Waals surface area contributed by atoms with Gasteiger partial charge in [-0.1, -0.05) is 0 Å². The minimum atomic E-state index is 0. The van der Waals surface area contributed by atoms with Crippen molar-refractivity contribution in [1.29, 1.82) is 0 Å². The van der Waals surface area contributed by atoms with Crippen LogP contribution in [-0.2, 0) is 0 Å². The molecule has 4 heteroatoms. The van der Waals surface area contributed by atoms with E-state index in [2.05, 4.69) is 0 Å². The molecule has 0 saturated heterocycles. The van der Waals surface area contributed by atoms with E-state index >= 15 is 0 Å². The van der Waals surface area contributed by atoms with E-state index in [-0.39, 0.29) is 25.8 Å². The molecule has 0 amide bonds. The quantitative estimate of drug-likeness (QED) is 0.415. The van der Waals surface area contributed by atoms with E-state index in [9.17, 15) is 0 Å². The third kappa shape index (κ3) is 271. The van der Waals surface area contributed by atoms with Gasteiger partial charge in [0.2, 0.25) is 0 Å². The number of hydrogen-bond acceptors (Lipinski definition) is 3. The summed E-state index contributed by atoms with van der Waals surface area (Å²) in [5, 5.41) is 24.8. The minimum Gasteiger partial charge on any atom is -0.857 e. The molecule has 0 atom stereocenters. The minimum absolute atomic E-state index is 0. The molecular weight excluding hydrogens is 199 g/mol.